The molecule has 3 amide bonds. The maximum absolute atomic E-state index is 12.8. The Morgan fingerprint density at radius 2 is 1.88 bits per heavy atom. The number of primary amides is 1. The molecule has 1 saturated heterocycles. The van der Waals surface area contributed by atoms with Crippen molar-refractivity contribution in [3.05, 3.63) is 48.8 Å². The van der Waals surface area contributed by atoms with Gasteiger partial charge in [0.05, 0.1) is 11.6 Å². The molecule has 0 saturated carbocycles. The van der Waals surface area contributed by atoms with Crippen LogP contribution >= 0.6 is 0 Å². The van der Waals surface area contributed by atoms with Crippen LogP contribution in [0.2, 0.25) is 0 Å². The normalized spacial score (nSPS) is 20.1. The zero-order valence-electron chi connectivity index (χ0n) is 14.2. The van der Waals surface area contributed by atoms with Gasteiger partial charge in [-0.1, -0.05) is 18.2 Å². The third-order valence-corrected chi connectivity index (χ3v) is 4.71. The Labute approximate surface area is 147 Å². The molecule has 25 heavy (non-hydrogen) atoms. The van der Waals surface area contributed by atoms with Gasteiger partial charge in [-0.3, -0.25) is 9.78 Å². The SMILES string of the molecule is C[C@H]1CC[C@H](C(N)=O)CN1C(=O)Nc1ccccc1-c1ccncc1. The van der Waals surface area contributed by atoms with Crippen LogP contribution in [-0.4, -0.2) is 34.4 Å². The molecule has 0 spiro atoms. The van der Waals surface area contributed by atoms with Crippen molar-refractivity contribution in [1.82, 2.24) is 9.88 Å². The van der Waals surface area contributed by atoms with Crippen molar-refractivity contribution in [1.29, 1.82) is 0 Å². The molecule has 2 aromatic rings. The summed E-state index contributed by atoms with van der Waals surface area (Å²) in [6.45, 7) is 2.35. The van der Waals surface area contributed by atoms with Gasteiger partial charge in [0.2, 0.25) is 5.91 Å². The van der Waals surface area contributed by atoms with Crippen molar-refractivity contribution < 1.29 is 9.59 Å². The highest BCUT2D eigenvalue weighted by atomic mass is 16.2. The lowest BCUT2D eigenvalue weighted by molar-refractivity contribution is -0.123. The van der Waals surface area contributed by atoms with Crippen molar-refractivity contribution in [3.63, 3.8) is 0 Å². The molecule has 130 valence electrons. The fraction of sp³-hybridized carbons (Fsp3) is 0.316. The minimum Gasteiger partial charge on any atom is -0.369 e. The van der Waals surface area contributed by atoms with E-state index in [1.165, 1.54) is 0 Å². The van der Waals surface area contributed by atoms with Gasteiger partial charge >= 0.3 is 6.03 Å². The quantitative estimate of drug-likeness (QED) is 0.902. The van der Waals surface area contributed by atoms with E-state index in [1.807, 2.05) is 43.3 Å². The first-order chi connectivity index (χ1) is 12.1. The molecule has 2 heterocycles. The van der Waals surface area contributed by atoms with Crippen molar-refractivity contribution in [2.45, 2.75) is 25.8 Å². The topological polar surface area (TPSA) is 88.3 Å². The molecule has 2 atom stereocenters. The number of benzene rings is 1. The van der Waals surface area contributed by atoms with E-state index in [2.05, 4.69) is 10.3 Å². The van der Waals surface area contributed by atoms with Gasteiger partial charge in [-0.25, -0.2) is 4.79 Å². The van der Waals surface area contributed by atoms with Crippen LogP contribution in [0.4, 0.5) is 10.5 Å². The monoisotopic (exact) mass is 338 g/mol. The average Bonchev–Trinajstić information content (AvgIpc) is 2.63. The number of likely N-dealkylation sites (tertiary alicyclic amines) is 1. The second-order valence-electron chi connectivity index (χ2n) is 6.39. The summed E-state index contributed by atoms with van der Waals surface area (Å²) in [6, 6.07) is 11.3. The summed E-state index contributed by atoms with van der Waals surface area (Å²) in [4.78, 5) is 30.0. The predicted octanol–water partition coefficient (Wildman–Crippen LogP) is 2.87. The van der Waals surface area contributed by atoms with Crippen LogP contribution < -0.4 is 11.1 Å². The molecule has 0 unspecified atom stereocenters. The van der Waals surface area contributed by atoms with E-state index in [0.717, 1.165) is 29.7 Å². The Bertz CT molecular complexity index is 763. The third kappa shape index (κ3) is 3.79. The summed E-state index contributed by atoms with van der Waals surface area (Å²) < 4.78 is 0. The largest absolute Gasteiger partial charge is 0.369 e. The minimum absolute atomic E-state index is 0.0729. The van der Waals surface area contributed by atoms with Crippen LogP contribution in [0.1, 0.15) is 19.8 Å². The fourth-order valence-corrected chi connectivity index (χ4v) is 3.18. The molecule has 1 aliphatic rings. The number of carbonyl (C=O) groups excluding carboxylic acids is 2. The number of pyridine rings is 1. The van der Waals surface area contributed by atoms with Crippen molar-refractivity contribution in [2.24, 2.45) is 11.7 Å². The lowest BCUT2D eigenvalue weighted by Crippen LogP contribution is -2.50. The van der Waals surface area contributed by atoms with E-state index in [1.54, 1.807) is 17.3 Å². The van der Waals surface area contributed by atoms with Gasteiger partial charge in [-0.05, 0) is 43.5 Å². The zero-order chi connectivity index (χ0) is 17.8. The van der Waals surface area contributed by atoms with Crippen LogP contribution in [0.5, 0.6) is 0 Å². The highest BCUT2D eigenvalue weighted by Gasteiger charge is 2.31. The van der Waals surface area contributed by atoms with Gasteiger partial charge in [0.1, 0.15) is 0 Å². The second kappa shape index (κ2) is 7.34. The van der Waals surface area contributed by atoms with Gasteiger partial charge in [-0.2, -0.15) is 0 Å². The number of rotatable bonds is 3. The maximum atomic E-state index is 12.8. The number of para-hydroxylation sites is 1. The lowest BCUT2D eigenvalue weighted by atomic mass is 9.93. The van der Waals surface area contributed by atoms with Crippen LogP contribution in [0.15, 0.2) is 48.8 Å². The molecule has 0 aliphatic carbocycles. The summed E-state index contributed by atoms with van der Waals surface area (Å²) >= 11 is 0. The number of nitrogens with two attached hydrogens (primary N) is 1. The average molecular weight is 338 g/mol. The summed E-state index contributed by atoms with van der Waals surface area (Å²) in [5, 5.41) is 2.98. The standard InChI is InChI=1S/C19H22N4O2/c1-13-6-7-15(18(20)24)12-23(13)19(25)22-17-5-3-2-4-16(17)14-8-10-21-11-9-14/h2-5,8-11,13,15H,6-7,12H2,1H3,(H2,20,24)(H,22,25)/t13-,15-/m0/s1. The Kier molecular flexibility index (Phi) is 4.97. The summed E-state index contributed by atoms with van der Waals surface area (Å²) in [6.07, 6.45) is 4.94. The molecular weight excluding hydrogens is 316 g/mol. The molecule has 1 fully saturated rings. The molecule has 6 nitrogen and oxygen atoms in total. The number of anilines is 1. The first-order valence-corrected chi connectivity index (χ1v) is 8.42. The molecular formula is C19H22N4O2. The molecule has 0 radical (unpaired) electrons. The lowest BCUT2D eigenvalue weighted by Gasteiger charge is -2.36. The smallest absolute Gasteiger partial charge is 0.322 e. The van der Waals surface area contributed by atoms with E-state index in [4.69, 9.17) is 5.73 Å². The van der Waals surface area contributed by atoms with E-state index in [9.17, 15) is 9.59 Å². The maximum Gasteiger partial charge on any atom is 0.322 e. The highest BCUT2D eigenvalue weighted by molar-refractivity contribution is 5.95. The van der Waals surface area contributed by atoms with Gasteiger partial charge in [-0.15, -0.1) is 0 Å². The number of nitrogens with one attached hydrogen (secondary N) is 1. The summed E-state index contributed by atoms with van der Waals surface area (Å²) in [7, 11) is 0. The highest BCUT2D eigenvalue weighted by Crippen LogP contribution is 2.28. The van der Waals surface area contributed by atoms with Gasteiger partial charge in [0.15, 0.2) is 0 Å². The van der Waals surface area contributed by atoms with Crippen molar-refractivity contribution >= 4 is 17.6 Å². The Morgan fingerprint density at radius 1 is 1.16 bits per heavy atom. The molecule has 1 aromatic heterocycles. The number of urea groups is 1. The molecule has 6 heteroatoms. The van der Waals surface area contributed by atoms with E-state index < -0.39 is 0 Å². The summed E-state index contributed by atoms with van der Waals surface area (Å²) in [5.41, 5.74) is 8.06. The summed E-state index contributed by atoms with van der Waals surface area (Å²) in [5.74, 6) is -0.626. The molecule has 3 N–H and O–H groups in total. The molecule has 1 aliphatic heterocycles. The number of hydrogen-bond acceptors (Lipinski definition) is 3. The zero-order valence-corrected chi connectivity index (χ0v) is 14.2. The Morgan fingerprint density at radius 3 is 2.60 bits per heavy atom. The van der Waals surface area contributed by atoms with Gasteiger partial charge < -0.3 is 16.0 Å². The number of piperidine rings is 1. The van der Waals surface area contributed by atoms with E-state index in [0.29, 0.717) is 6.54 Å². The first-order valence-electron chi connectivity index (χ1n) is 8.42. The third-order valence-electron chi connectivity index (χ3n) is 4.71. The van der Waals surface area contributed by atoms with Gasteiger partial charge in [0, 0.05) is 30.5 Å². The van der Waals surface area contributed by atoms with Crippen LogP contribution in [0.25, 0.3) is 11.1 Å². The number of hydrogen-bond donors (Lipinski definition) is 2. The molecule has 3 rings (SSSR count). The van der Waals surface area contributed by atoms with E-state index in [-0.39, 0.29) is 23.9 Å². The van der Waals surface area contributed by atoms with Crippen molar-refractivity contribution in [2.75, 3.05) is 11.9 Å². The minimum atomic E-state index is -0.345. The predicted molar refractivity (Wildman–Crippen MR) is 96.8 cm³/mol. The van der Waals surface area contributed by atoms with Crippen molar-refractivity contribution in [3.8, 4) is 11.1 Å². The molecule has 0 bridgehead atoms. The van der Waals surface area contributed by atoms with Gasteiger partial charge in [0.25, 0.3) is 0 Å². The number of nitrogens with zero attached hydrogens (tertiary/aromatic N) is 2. The number of amides is 3. The fourth-order valence-electron chi connectivity index (χ4n) is 3.18. The Balaban J connectivity index is 1.80. The number of carbonyl (C=O) groups is 2. The Hall–Kier alpha value is -2.89. The van der Waals surface area contributed by atoms with Crippen LogP contribution in [-0.2, 0) is 4.79 Å². The second-order valence-corrected chi connectivity index (χ2v) is 6.39. The van der Waals surface area contributed by atoms with Crippen LogP contribution in [0, 0.1) is 5.92 Å². The number of aromatic nitrogens is 1. The molecule has 1 aromatic carbocycles. The first kappa shape index (κ1) is 17.0. The van der Waals surface area contributed by atoms with Crippen LogP contribution in [0.3, 0.4) is 0 Å². The van der Waals surface area contributed by atoms with E-state index >= 15 is 0 Å².